The maximum absolute atomic E-state index is 13.0. The molecule has 1 aliphatic heterocycles. The number of hydrogen-bond donors (Lipinski definition) is 1. The van der Waals surface area contributed by atoms with Gasteiger partial charge in [0, 0.05) is 19.2 Å². The molecule has 0 saturated carbocycles. The summed E-state index contributed by atoms with van der Waals surface area (Å²) in [7, 11) is 0. The molecule has 0 unspecified atom stereocenters. The Morgan fingerprint density at radius 3 is 2.95 bits per heavy atom. The lowest BCUT2D eigenvalue weighted by Crippen LogP contribution is -2.49. The van der Waals surface area contributed by atoms with E-state index in [9.17, 15) is 14.0 Å². The number of carbonyl (C=O) groups is 2. The van der Waals surface area contributed by atoms with Crippen LogP contribution in [-0.2, 0) is 9.59 Å². The van der Waals surface area contributed by atoms with Gasteiger partial charge in [-0.15, -0.1) is 0 Å². The van der Waals surface area contributed by atoms with Crippen molar-refractivity contribution in [1.29, 1.82) is 0 Å². The lowest BCUT2D eigenvalue weighted by molar-refractivity contribution is -0.134. The monoisotopic (exact) mass is 282 g/mol. The Morgan fingerprint density at radius 2 is 2.26 bits per heavy atom. The highest BCUT2D eigenvalue weighted by atomic mass is 35.5. The average Bonchev–Trinajstić information content (AvgIpc) is 2.40. The molecule has 0 radical (unpaired) electrons. The van der Waals surface area contributed by atoms with Gasteiger partial charge in [0.25, 0.3) is 0 Å². The van der Waals surface area contributed by atoms with Gasteiger partial charge < -0.3 is 10.2 Å². The fraction of sp³-hybridized carbons (Fsp3) is 0.231. The first-order valence-electron chi connectivity index (χ1n) is 5.75. The van der Waals surface area contributed by atoms with Crippen LogP contribution in [0.15, 0.2) is 24.3 Å². The van der Waals surface area contributed by atoms with Crippen molar-refractivity contribution in [3.63, 3.8) is 0 Å². The van der Waals surface area contributed by atoms with Crippen LogP contribution in [0, 0.1) is 5.82 Å². The molecule has 1 aromatic carbocycles. The summed E-state index contributed by atoms with van der Waals surface area (Å²) in [6.45, 7) is 1.01. The number of hydrogen-bond acceptors (Lipinski definition) is 2. The van der Waals surface area contributed by atoms with Gasteiger partial charge in [0.1, 0.15) is 5.82 Å². The lowest BCUT2D eigenvalue weighted by atomic mass is 10.2. The van der Waals surface area contributed by atoms with Crippen LogP contribution >= 0.6 is 11.6 Å². The molecule has 0 spiro atoms. The number of amides is 2. The summed E-state index contributed by atoms with van der Waals surface area (Å²) in [4.78, 5) is 24.4. The molecule has 1 N–H and O–H groups in total. The van der Waals surface area contributed by atoms with Crippen molar-refractivity contribution in [1.82, 2.24) is 10.2 Å². The van der Waals surface area contributed by atoms with Gasteiger partial charge in [0.05, 0.1) is 11.6 Å². The predicted octanol–water partition coefficient (Wildman–Crippen LogP) is 1.45. The number of nitrogens with one attached hydrogen (secondary N) is 1. The van der Waals surface area contributed by atoms with Crippen LogP contribution in [0.3, 0.4) is 0 Å². The molecule has 2 amide bonds. The molecule has 1 heterocycles. The van der Waals surface area contributed by atoms with Gasteiger partial charge in [-0.3, -0.25) is 9.59 Å². The van der Waals surface area contributed by atoms with Crippen molar-refractivity contribution in [2.45, 2.75) is 0 Å². The molecule has 1 saturated heterocycles. The minimum absolute atomic E-state index is 0.00643. The highest BCUT2D eigenvalue weighted by Crippen LogP contribution is 2.16. The molecule has 1 fully saturated rings. The fourth-order valence-electron chi connectivity index (χ4n) is 1.72. The van der Waals surface area contributed by atoms with Gasteiger partial charge in [-0.25, -0.2) is 4.39 Å². The van der Waals surface area contributed by atoms with Gasteiger partial charge in [-0.05, 0) is 23.8 Å². The molecule has 6 heteroatoms. The molecule has 100 valence electrons. The molecule has 1 aliphatic rings. The highest BCUT2D eigenvalue weighted by Gasteiger charge is 2.18. The Balaban J connectivity index is 2.03. The summed E-state index contributed by atoms with van der Waals surface area (Å²) < 4.78 is 13.0. The van der Waals surface area contributed by atoms with Crippen molar-refractivity contribution in [3.8, 4) is 0 Å². The van der Waals surface area contributed by atoms with Gasteiger partial charge in [0.2, 0.25) is 11.8 Å². The van der Waals surface area contributed by atoms with Crippen molar-refractivity contribution in [2.24, 2.45) is 0 Å². The number of halogens is 2. The molecular formula is C13H12ClFN2O2. The summed E-state index contributed by atoms with van der Waals surface area (Å²) in [6, 6.07) is 4.19. The zero-order valence-corrected chi connectivity index (χ0v) is 10.8. The fourth-order valence-corrected chi connectivity index (χ4v) is 1.90. The lowest BCUT2D eigenvalue weighted by Gasteiger charge is -2.25. The molecule has 0 bridgehead atoms. The Morgan fingerprint density at radius 1 is 1.47 bits per heavy atom. The van der Waals surface area contributed by atoms with E-state index < -0.39 is 5.82 Å². The Bertz CT molecular complexity index is 545. The van der Waals surface area contributed by atoms with Crippen LogP contribution in [0.1, 0.15) is 5.56 Å². The first kappa shape index (κ1) is 13.5. The summed E-state index contributed by atoms with van der Waals surface area (Å²) in [5, 5.41) is 2.64. The summed E-state index contributed by atoms with van der Waals surface area (Å²) in [6.07, 6.45) is 2.89. The number of piperazine rings is 1. The zero-order chi connectivity index (χ0) is 13.8. The second kappa shape index (κ2) is 5.84. The molecule has 4 nitrogen and oxygen atoms in total. The quantitative estimate of drug-likeness (QED) is 0.835. The second-order valence-electron chi connectivity index (χ2n) is 4.12. The minimum Gasteiger partial charge on any atom is -0.353 e. The van der Waals surface area contributed by atoms with E-state index in [1.807, 2.05) is 0 Å². The zero-order valence-electron chi connectivity index (χ0n) is 10.0. The van der Waals surface area contributed by atoms with E-state index in [0.29, 0.717) is 18.7 Å². The van der Waals surface area contributed by atoms with E-state index in [4.69, 9.17) is 11.6 Å². The number of carbonyl (C=O) groups excluding carboxylic acids is 2. The average molecular weight is 283 g/mol. The van der Waals surface area contributed by atoms with Crippen LogP contribution in [0.5, 0.6) is 0 Å². The maximum Gasteiger partial charge on any atom is 0.247 e. The Kier molecular flexibility index (Phi) is 4.16. The SMILES string of the molecule is O=C1CN(C(=O)C=Cc2ccc(F)c(Cl)c2)CCN1. The molecule has 1 aromatic rings. The molecule has 2 rings (SSSR count). The summed E-state index contributed by atoms with van der Waals surface area (Å²) >= 11 is 5.64. The van der Waals surface area contributed by atoms with E-state index >= 15 is 0 Å². The van der Waals surface area contributed by atoms with Crippen molar-refractivity contribution in [3.05, 3.63) is 40.7 Å². The normalized spacial score (nSPS) is 15.7. The van der Waals surface area contributed by atoms with Crippen LogP contribution in [0.2, 0.25) is 5.02 Å². The number of rotatable bonds is 2. The van der Waals surface area contributed by atoms with Crippen molar-refractivity contribution < 1.29 is 14.0 Å². The van der Waals surface area contributed by atoms with Crippen molar-refractivity contribution in [2.75, 3.05) is 19.6 Å². The van der Waals surface area contributed by atoms with Gasteiger partial charge >= 0.3 is 0 Å². The molecule has 0 aromatic heterocycles. The molecular weight excluding hydrogens is 271 g/mol. The third-order valence-electron chi connectivity index (χ3n) is 2.71. The topological polar surface area (TPSA) is 49.4 Å². The molecule has 0 atom stereocenters. The smallest absolute Gasteiger partial charge is 0.247 e. The predicted molar refractivity (Wildman–Crippen MR) is 70.0 cm³/mol. The first-order valence-corrected chi connectivity index (χ1v) is 6.13. The van der Waals surface area contributed by atoms with Crippen LogP contribution in [0.25, 0.3) is 6.08 Å². The Hall–Kier alpha value is -1.88. The number of benzene rings is 1. The minimum atomic E-state index is -0.502. The third-order valence-corrected chi connectivity index (χ3v) is 3.00. The van der Waals surface area contributed by atoms with Gasteiger partial charge in [0.15, 0.2) is 0 Å². The van der Waals surface area contributed by atoms with Gasteiger partial charge in [-0.1, -0.05) is 17.7 Å². The standard InChI is InChI=1S/C13H12ClFN2O2/c14-10-7-9(1-3-11(10)15)2-4-13(19)17-6-5-16-12(18)8-17/h1-4,7H,5-6,8H2,(H,16,18). The van der Waals surface area contributed by atoms with E-state index in [1.165, 1.54) is 29.2 Å². The van der Waals surface area contributed by atoms with Crippen LogP contribution in [0.4, 0.5) is 4.39 Å². The van der Waals surface area contributed by atoms with E-state index in [-0.39, 0.29) is 23.4 Å². The largest absolute Gasteiger partial charge is 0.353 e. The third kappa shape index (κ3) is 3.54. The van der Waals surface area contributed by atoms with E-state index in [1.54, 1.807) is 6.08 Å². The van der Waals surface area contributed by atoms with Gasteiger partial charge in [-0.2, -0.15) is 0 Å². The van der Waals surface area contributed by atoms with Crippen LogP contribution < -0.4 is 5.32 Å². The Labute approximate surface area is 114 Å². The molecule has 19 heavy (non-hydrogen) atoms. The summed E-state index contributed by atoms with van der Waals surface area (Å²) in [5.41, 5.74) is 0.626. The second-order valence-corrected chi connectivity index (χ2v) is 4.52. The van der Waals surface area contributed by atoms with Crippen molar-refractivity contribution >= 4 is 29.5 Å². The highest BCUT2D eigenvalue weighted by molar-refractivity contribution is 6.30. The summed E-state index contributed by atoms with van der Waals surface area (Å²) in [5.74, 6) is -0.925. The van der Waals surface area contributed by atoms with E-state index in [0.717, 1.165) is 0 Å². The molecule has 0 aliphatic carbocycles. The number of nitrogens with zero attached hydrogens (tertiary/aromatic N) is 1. The van der Waals surface area contributed by atoms with E-state index in [2.05, 4.69) is 5.32 Å². The maximum atomic E-state index is 13.0. The van der Waals surface area contributed by atoms with Crippen LogP contribution in [-0.4, -0.2) is 36.3 Å². The first-order chi connectivity index (χ1) is 9.06.